The summed E-state index contributed by atoms with van der Waals surface area (Å²) < 4.78 is 0. The number of hydrogen-bond donors (Lipinski definition) is 2. The van der Waals surface area contributed by atoms with Crippen molar-refractivity contribution < 1.29 is 4.79 Å². The largest absolute Gasteiger partial charge is 0.369 e. The van der Waals surface area contributed by atoms with E-state index >= 15 is 0 Å². The van der Waals surface area contributed by atoms with Crippen molar-refractivity contribution in [1.29, 1.82) is 0 Å². The number of benzene rings is 1. The van der Waals surface area contributed by atoms with Crippen LogP contribution >= 0.6 is 24.0 Å². The van der Waals surface area contributed by atoms with Gasteiger partial charge in [-0.15, -0.1) is 24.0 Å². The highest BCUT2D eigenvalue weighted by molar-refractivity contribution is 14.0. The lowest BCUT2D eigenvalue weighted by molar-refractivity contribution is -0.123. The summed E-state index contributed by atoms with van der Waals surface area (Å²) in [7, 11) is 0. The van der Waals surface area contributed by atoms with Crippen molar-refractivity contribution >= 4 is 35.8 Å². The number of nitrogens with zero attached hydrogens (tertiary/aromatic N) is 4. The summed E-state index contributed by atoms with van der Waals surface area (Å²) in [5, 5.41) is 3.49. The second kappa shape index (κ2) is 14.8. The van der Waals surface area contributed by atoms with Gasteiger partial charge in [0.25, 0.3) is 0 Å². The molecule has 0 saturated carbocycles. The molecule has 0 aromatic heterocycles. The molecule has 33 heavy (non-hydrogen) atoms. The van der Waals surface area contributed by atoms with Crippen LogP contribution in [0.5, 0.6) is 0 Å². The molecule has 3 N–H and O–H groups in total. The third-order valence-corrected chi connectivity index (χ3v) is 6.76. The normalized spacial score (nSPS) is 21.3. The third-order valence-electron chi connectivity index (χ3n) is 6.76. The van der Waals surface area contributed by atoms with Crippen LogP contribution in [-0.2, 0) is 4.79 Å². The van der Waals surface area contributed by atoms with Gasteiger partial charge in [0.05, 0.1) is 5.92 Å². The first-order valence-corrected chi connectivity index (χ1v) is 12.5. The summed E-state index contributed by atoms with van der Waals surface area (Å²) in [6.45, 7) is 13.1. The number of carbonyl (C=O) groups excluding carboxylic acids is 1. The first-order chi connectivity index (χ1) is 15.6. The van der Waals surface area contributed by atoms with Crippen LogP contribution in [0.3, 0.4) is 0 Å². The van der Waals surface area contributed by atoms with Crippen LogP contribution in [0.15, 0.2) is 35.3 Å². The average molecular weight is 571 g/mol. The van der Waals surface area contributed by atoms with Gasteiger partial charge in [0, 0.05) is 51.9 Å². The molecule has 3 rings (SSSR count). The minimum absolute atomic E-state index is 0. The Labute approximate surface area is 217 Å². The lowest BCUT2D eigenvalue weighted by Crippen LogP contribution is -2.53. The first-order valence-electron chi connectivity index (χ1n) is 12.5. The second-order valence-corrected chi connectivity index (χ2v) is 8.99. The minimum atomic E-state index is -0.154. The summed E-state index contributed by atoms with van der Waals surface area (Å²) in [4.78, 5) is 23.8. The van der Waals surface area contributed by atoms with E-state index in [2.05, 4.69) is 64.2 Å². The van der Waals surface area contributed by atoms with E-state index in [-0.39, 0.29) is 35.8 Å². The van der Waals surface area contributed by atoms with Crippen LogP contribution in [0.2, 0.25) is 0 Å². The summed E-state index contributed by atoms with van der Waals surface area (Å²) in [6, 6.07) is 11.4. The standard InChI is InChI=1S/C25H42N6O.HI/c1-3-23(21-10-6-5-7-11-21)30-16-18-31(19-17-30)25(27-4-2)28-13-9-15-29-14-8-12-22(20-29)24(26)32;/h5-7,10-11,22-23H,3-4,8-9,12-20H2,1-2H3,(H2,26,32)(H,27,28);1H. The van der Waals surface area contributed by atoms with Crippen LogP contribution in [0.1, 0.15) is 51.1 Å². The number of piperidine rings is 1. The number of guanidine groups is 1. The van der Waals surface area contributed by atoms with Crippen LogP contribution in [0.25, 0.3) is 0 Å². The van der Waals surface area contributed by atoms with Gasteiger partial charge in [-0.05, 0) is 51.3 Å². The Bertz CT molecular complexity index is 723. The van der Waals surface area contributed by atoms with Gasteiger partial charge in [-0.3, -0.25) is 14.7 Å². The van der Waals surface area contributed by atoms with Crippen molar-refractivity contribution in [2.75, 3.05) is 58.9 Å². The topological polar surface area (TPSA) is 77.2 Å². The van der Waals surface area contributed by atoms with Gasteiger partial charge in [-0.1, -0.05) is 37.3 Å². The molecule has 1 amide bonds. The lowest BCUT2D eigenvalue weighted by atomic mass is 9.97. The Morgan fingerprint density at radius 1 is 1.15 bits per heavy atom. The molecule has 2 aliphatic rings. The summed E-state index contributed by atoms with van der Waals surface area (Å²) in [6.07, 6.45) is 4.13. The number of piperazine rings is 1. The van der Waals surface area contributed by atoms with Gasteiger partial charge in [0.2, 0.25) is 5.91 Å². The molecule has 2 unspecified atom stereocenters. The van der Waals surface area contributed by atoms with Crippen LogP contribution in [0, 0.1) is 5.92 Å². The molecule has 2 atom stereocenters. The van der Waals surface area contributed by atoms with Crippen molar-refractivity contribution in [1.82, 2.24) is 20.0 Å². The zero-order chi connectivity index (χ0) is 22.8. The van der Waals surface area contributed by atoms with Gasteiger partial charge in [0.15, 0.2) is 5.96 Å². The molecule has 1 aromatic rings. The van der Waals surface area contributed by atoms with E-state index in [0.717, 1.165) is 90.5 Å². The van der Waals surface area contributed by atoms with E-state index in [1.54, 1.807) is 0 Å². The molecule has 2 fully saturated rings. The SMILES string of the molecule is CCNC(=NCCCN1CCCC(C(N)=O)C1)N1CCN(C(CC)c2ccccc2)CC1.I. The molecule has 0 spiro atoms. The number of halogens is 1. The highest BCUT2D eigenvalue weighted by Gasteiger charge is 2.26. The van der Waals surface area contributed by atoms with Gasteiger partial charge in [-0.2, -0.15) is 0 Å². The molecule has 0 bridgehead atoms. The van der Waals surface area contributed by atoms with Gasteiger partial charge in [0.1, 0.15) is 0 Å². The molecule has 2 aliphatic heterocycles. The minimum Gasteiger partial charge on any atom is -0.369 e. The maximum Gasteiger partial charge on any atom is 0.221 e. The van der Waals surface area contributed by atoms with Gasteiger partial charge < -0.3 is 20.9 Å². The number of amides is 1. The van der Waals surface area contributed by atoms with E-state index in [0.29, 0.717) is 6.04 Å². The van der Waals surface area contributed by atoms with Gasteiger partial charge >= 0.3 is 0 Å². The molecule has 0 aliphatic carbocycles. The number of nitrogens with one attached hydrogen (secondary N) is 1. The van der Waals surface area contributed by atoms with Crippen LogP contribution in [0.4, 0.5) is 0 Å². The number of rotatable bonds is 9. The molecular formula is C25H43IN6O. The summed E-state index contributed by atoms with van der Waals surface area (Å²) >= 11 is 0. The van der Waals surface area contributed by atoms with Crippen molar-refractivity contribution in [3.63, 3.8) is 0 Å². The van der Waals surface area contributed by atoms with E-state index in [4.69, 9.17) is 10.7 Å². The number of likely N-dealkylation sites (tertiary alicyclic amines) is 1. The van der Waals surface area contributed by atoms with E-state index in [1.165, 1.54) is 5.56 Å². The highest BCUT2D eigenvalue weighted by atomic mass is 127. The quantitative estimate of drug-likeness (QED) is 0.207. The maximum absolute atomic E-state index is 11.5. The Morgan fingerprint density at radius 2 is 1.88 bits per heavy atom. The fourth-order valence-corrected chi connectivity index (χ4v) is 5.02. The Morgan fingerprint density at radius 3 is 2.52 bits per heavy atom. The van der Waals surface area contributed by atoms with E-state index in [9.17, 15) is 4.79 Å². The number of carbonyl (C=O) groups is 1. The Balaban J connectivity index is 0.00000385. The average Bonchev–Trinajstić information content (AvgIpc) is 2.83. The van der Waals surface area contributed by atoms with Gasteiger partial charge in [-0.25, -0.2) is 0 Å². The van der Waals surface area contributed by atoms with E-state index in [1.807, 2.05) is 0 Å². The highest BCUT2D eigenvalue weighted by Crippen LogP contribution is 2.25. The van der Waals surface area contributed by atoms with Crippen LogP contribution in [-0.4, -0.2) is 85.5 Å². The lowest BCUT2D eigenvalue weighted by Gasteiger charge is -2.40. The molecule has 0 radical (unpaired) electrons. The monoisotopic (exact) mass is 570 g/mol. The smallest absolute Gasteiger partial charge is 0.221 e. The maximum atomic E-state index is 11.5. The Hall–Kier alpha value is -1.39. The number of nitrogens with two attached hydrogens (primary N) is 1. The fourth-order valence-electron chi connectivity index (χ4n) is 5.02. The molecule has 186 valence electrons. The zero-order valence-corrected chi connectivity index (χ0v) is 22.7. The molecule has 7 nitrogen and oxygen atoms in total. The predicted molar refractivity (Wildman–Crippen MR) is 147 cm³/mol. The predicted octanol–water partition coefficient (Wildman–Crippen LogP) is 2.93. The molecule has 8 heteroatoms. The number of aliphatic imine (C=N–C) groups is 1. The molecule has 2 heterocycles. The third kappa shape index (κ3) is 8.40. The molecule has 2 saturated heterocycles. The molecular weight excluding hydrogens is 527 g/mol. The fraction of sp³-hybridized carbons (Fsp3) is 0.680. The zero-order valence-electron chi connectivity index (χ0n) is 20.4. The van der Waals surface area contributed by atoms with Crippen molar-refractivity contribution in [2.24, 2.45) is 16.6 Å². The number of hydrogen-bond acceptors (Lipinski definition) is 4. The Kier molecular flexibility index (Phi) is 12.5. The van der Waals surface area contributed by atoms with Crippen molar-refractivity contribution in [3.8, 4) is 0 Å². The number of primary amides is 1. The van der Waals surface area contributed by atoms with E-state index < -0.39 is 0 Å². The molecule has 1 aromatic carbocycles. The summed E-state index contributed by atoms with van der Waals surface area (Å²) in [5.41, 5.74) is 6.92. The van der Waals surface area contributed by atoms with Crippen molar-refractivity contribution in [3.05, 3.63) is 35.9 Å². The summed E-state index contributed by atoms with van der Waals surface area (Å²) in [5.74, 6) is 0.899. The van der Waals surface area contributed by atoms with Crippen LogP contribution < -0.4 is 11.1 Å². The van der Waals surface area contributed by atoms with Crippen molar-refractivity contribution in [2.45, 2.75) is 45.6 Å². The second-order valence-electron chi connectivity index (χ2n) is 8.99. The first kappa shape index (κ1) is 27.9.